The molecule has 0 aliphatic carbocycles. The van der Waals surface area contributed by atoms with Crippen molar-refractivity contribution in [1.82, 2.24) is 0 Å². The van der Waals surface area contributed by atoms with Gasteiger partial charge in [0.25, 0.3) is 0 Å². The van der Waals surface area contributed by atoms with Gasteiger partial charge in [0.2, 0.25) is 0 Å². The van der Waals surface area contributed by atoms with Crippen molar-refractivity contribution < 1.29 is 9.90 Å². The first-order chi connectivity index (χ1) is 4.31. The topological polar surface area (TPSA) is 37.3 Å². The summed E-state index contributed by atoms with van der Waals surface area (Å²) in [6, 6.07) is 0. The molecule has 0 aromatic heterocycles. The molecular weight excluding hydrogens is 116 g/mol. The van der Waals surface area contributed by atoms with Gasteiger partial charge < -0.3 is 5.11 Å². The third kappa shape index (κ3) is 5.24. The summed E-state index contributed by atoms with van der Waals surface area (Å²) in [5.74, 6) is 0.0894. The zero-order valence-electron chi connectivity index (χ0n) is 5.63. The molecule has 0 saturated heterocycles. The van der Waals surface area contributed by atoms with Crippen LogP contribution < -0.4 is 0 Å². The summed E-state index contributed by atoms with van der Waals surface area (Å²) in [4.78, 5) is 10.6. The van der Waals surface area contributed by atoms with Gasteiger partial charge in [-0.25, -0.2) is 0 Å². The maximum absolute atomic E-state index is 10.6. The van der Waals surface area contributed by atoms with Gasteiger partial charge in [0.1, 0.15) is 0 Å². The zero-order chi connectivity index (χ0) is 7.11. The van der Waals surface area contributed by atoms with Crippen LogP contribution in [0.4, 0.5) is 0 Å². The number of carbonyl (C=O) groups excluding carboxylic acids is 1. The molecule has 0 fully saturated rings. The summed E-state index contributed by atoms with van der Waals surface area (Å²) in [5, 5.41) is 8.31. The molecule has 0 aromatic carbocycles. The SMILES string of the molecule is CC=CC(=O)CCCO. The molecule has 2 nitrogen and oxygen atoms in total. The number of aliphatic hydroxyl groups is 1. The number of allylic oxidation sites excluding steroid dienone is 2. The first-order valence-electron chi connectivity index (χ1n) is 3.07. The van der Waals surface area contributed by atoms with E-state index < -0.39 is 0 Å². The Morgan fingerprint density at radius 1 is 1.67 bits per heavy atom. The van der Waals surface area contributed by atoms with Crippen molar-refractivity contribution in [3.8, 4) is 0 Å². The van der Waals surface area contributed by atoms with E-state index in [4.69, 9.17) is 5.11 Å². The number of ketones is 1. The fourth-order valence-corrected chi connectivity index (χ4v) is 0.523. The molecular formula is C7H12O2. The largest absolute Gasteiger partial charge is 0.396 e. The number of rotatable bonds is 4. The molecule has 9 heavy (non-hydrogen) atoms. The highest BCUT2D eigenvalue weighted by Crippen LogP contribution is 1.89. The molecule has 0 heterocycles. The van der Waals surface area contributed by atoms with Gasteiger partial charge in [-0.3, -0.25) is 4.79 Å². The fourth-order valence-electron chi connectivity index (χ4n) is 0.523. The van der Waals surface area contributed by atoms with Crippen LogP contribution in [0.25, 0.3) is 0 Å². The molecule has 0 rings (SSSR count). The minimum Gasteiger partial charge on any atom is -0.396 e. The highest BCUT2D eigenvalue weighted by molar-refractivity contribution is 5.89. The van der Waals surface area contributed by atoms with Crippen LogP contribution in [0.1, 0.15) is 19.8 Å². The molecule has 2 heteroatoms. The van der Waals surface area contributed by atoms with E-state index in [-0.39, 0.29) is 12.4 Å². The average Bonchev–Trinajstić information content (AvgIpc) is 1.85. The second kappa shape index (κ2) is 5.51. The van der Waals surface area contributed by atoms with Crippen molar-refractivity contribution in [2.45, 2.75) is 19.8 Å². The molecule has 0 spiro atoms. The van der Waals surface area contributed by atoms with E-state index in [1.807, 2.05) is 0 Å². The van der Waals surface area contributed by atoms with Crippen LogP contribution in [0.15, 0.2) is 12.2 Å². The van der Waals surface area contributed by atoms with Gasteiger partial charge in [0.15, 0.2) is 5.78 Å². The molecule has 0 bridgehead atoms. The Kier molecular flexibility index (Phi) is 5.12. The number of aliphatic hydroxyl groups excluding tert-OH is 1. The lowest BCUT2D eigenvalue weighted by Gasteiger charge is -1.88. The Labute approximate surface area is 55.2 Å². The van der Waals surface area contributed by atoms with E-state index in [9.17, 15) is 4.79 Å². The van der Waals surface area contributed by atoms with E-state index in [2.05, 4.69) is 0 Å². The fraction of sp³-hybridized carbons (Fsp3) is 0.571. The van der Waals surface area contributed by atoms with Crippen molar-refractivity contribution >= 4 is 5.78 Å². The maximum atomic E-state index is 10.6. The van der Waals surface area contributed by atoms with Crippen molar-refractivity contribution in [2.24, 2.45) is 0 Å². The third-order valence-electron chi connectivity index (χ3n) is 0.934. The van der Waals surface area contributed by atoms with Crippen molar-refractivity contribution in [3.05, 3.63) is 12.2 Å². The predicted molar refractivity (Wildman–Crippen MR) is 36.1 cm³/mol. The van der Waals surface area contributed by atoms with E-state index in [1.54, 1.807) is 13.0 Å². The number of hydrogen-bond acceptors (Lipinski definition) is 2. The van der Waals surface area contributed by atoms with E-state index in [1.165, 1.54) is 6.08 Å². The molecule has 0 aliphatic heterocycles. The Hall–Kier alpha value is -0.630. The predicted octanol–water partition coefficient (Wildman–Crippen LogP) is 0.904. The van der Waals surface area contributed by atoms with Crippen molar-refractivity contribution in [3.63, 3.8) is 0 Å². The van der Waals surface area contributed by atoms with E-state index in [0.717, 1.165) is 0 Å². The molecule has 0 atom stereocenters. The first-order valence-corrected chi connectivity index (χ1v) is 3.07. The Morgan fingerprint density at radius 3 is 2.78 bits per heavy atom. The van der Waals surface area contributed by atoms with Crippen LogP contribution in [0.2, 0.25) is 0 Å². The minimum atomic E-state index is 0.0894. The average molecular weight is 128 g/mol. The smallest absolute Gasteiger partial charge is 0.155 e. The van der Waals surface area contributed by atoms with E-state index >= 15 is 0 Å². The lowest BCUT2D eigenvalue weighted by Crippen LogP contribution is -1.93. The highest BCUT2D eigenvalue weighted by atomic mass is 16.3. The van der Waals surface area contributed by atoms with Gasteiger partial charge in [-0.2, -0.15) is 0 Å². The Morgan fingerprint density at radius 2 is 2.33 bits per heavy atom. The Balaban J connectivity index is 3.27. The van der Waals surface area contributed by atoms with Gasteiger partial charge in [-0.15, -0.1) is 0 Å². The molecule has 1 N–H and O–H groups in total. The molecule has 0 aliphatic rings. The molecule has 52 valence electrons. The summed E-state index contributed by atoms with van der Waals surface area (Å²) in [5.41, 5.74) is 0. The monoisotopic (exact) mass is 128 g/mol. The van der Waals surface area contributed by atoms with Crippen LogP contribution in [-0.4, -0.2) is 17.5 Å². The van der Waals surface area contributed by atoms with Crippen LogP contribution in [-0.2, 0) is 4.79 Å². The van der Waals surface area contributed by atoms with Crippen molar-refractivity contribution in [1.29, 1.82) is 0 Å². The van der Waals surface area contributed by atoms with Gasteiger partial charge in [-0.05, 0) is 19.4 Å². The van der Waals surface area contributed by atoms with Crippen LogP contribution in [0, 0.1) is 0 Å². The van der Waals surface area contributed by atoms with Gasteiger partial charge in [-0.1, -0.05) is 6.08 Å². The second-order valence-corrected chi connectivity index (χ2v) is 1.79. The number of hydrogen-bond donors (Lipinski definition) is 1. The third-order valence-corrected chi connectivity index (χ3v) is 0.934. The standard InChI is InChI=1S/C7H12O2/c1-2-4-7(9)5-3-6-8/h2,4,8H,3,5-6H2,1H3. The van der Waals surface area contributed by atoms with Gasteiger partial charge >= 0.3 is 0 Å². The summed E-state index contributed by atoms with van der Waals surface area (Å²) >= 11 is 0. The Bertz CT molecular complexity index is 105. The first kappa shape index (κ1) is 8.37. The van der Waals surface area contributed by atoms with Crippen LogP contribution in [0.5, 0.6) is 0 Å². The van der Waals surface area contributed by atoms with Crippen molar-refractivity contribution in [2.75, 3.05) is 6.61 Å². The summed E-state index contributed by atoms with van der Waals surface area (Å²) in [7, 11) is 0. The van der Waals surface area contributed by atoms with Crippen LogP contribution in [0.3, 0.4) is 0 Å². The normalized spacial score (nSPS) is 10.4. The lowest BCUT2D eigenvalue weighted by atomic mass is 10.2. The zero-order valence-corrected chi connectivity index (χ0v) is 5.63. The van der Waals surface area contributed by atoms with Gasteiger partial charge in [0.05, 0.1) is 0 Å². The maximum Gasteiger partial charge on any atom is 0.155 e. The van der Waals surface area contributed by atoms with Gasteiger partial charge in [0, 0.05) is 13.0 Å². The summed E-state index contributed by atoms with van der Waals surface area (Å²) in [6.45, 7) is 1.90. The molecule has 0 saturated carbocycles. The second-order valence-electron chi connectivity index (χ2n) is 1.79. The summed E-state index contributed by atoms with van der Waals surface area (Å²) in [6.07, 6.45) is 4.26. The molecule has 0 radical (unpaired) electrons. The highest BCUT2D eigenvalue weighted by Gasteiger charge is 1.92. The number of carbonyl (C=O) groups is 1. The minimum absolute atomic E-state index is 0.0894. The molecule has 0 aromatic rings. The van der Waals surface area contributed by atoms with E-state index in [0.29, 0.717) is 12.8 Å². The summed E-state index contributed by atoms with van der Waals surface area (Å²) < 4.78 is 0. The van der Waals surface area contributed by atoms with Crippen LogP contribution >= 0.6 is 0 Å². The lowest BCUT2D eigenvalue weighted by molar-refractivity contribution is -0.114. The molecule has 0 unspecified atom stereocenters. The molecule has 0 amide bonds. The quantitative estimate of drug-likeness (QED) is 0.571.